The number of rotatable bonds is 3. The van der Waals surface area contributed by atoms with Crippen molar-refractivity contribution in [2.24, 2.45) is 0 Å². The van der Waals surface area contributed by atoms with Crippen molar-refractivity contribution in [1.29, 1.82) is 0 Å². The second-order valence-corrected chi connectivity index (χ2v) is 2.44. The van der Waals surface area contributed by atoms with E-state index in [2.05, 4.69) is 5.43 Å². The predicted molar refractivity (Wildman–Crippen MR) is 45.3 cm³/mol. The normalized spacial score (nSPS) is 12.5. The van der Waals surface area contributed by atoms with Crippen molar-refractivity contribution in [2.45, 2.75) is 13.0 Å². The Bertz CT molecular complexity index is 244. The molecular weight excluding hydrogens is 156 g/mol. The van der Waals surface area contributed by atoms with Gasteiger partial charge >= 0.3 is 0 Å². The third kappa shape index (κ3) is 2.10. The summed E-state index contributed by atoms with van der Waals surface area (Å²) in [6, 6.07) is 3.66. The number of nitrogens with one attached hydrogen (secondary N) is 1. The van der Waals surface area contributed by atoms with Crippen LogP contribution in [-0.2, 0) is 9.53 Å². The van der Waals surface area contributed by atoms with E-state index in [9.17, 15) is 4.79 Å². The lowest BCUT2D eigenvalue weighted by molar-refractivity contribution is -0.125. The summed E-state index contributed by atoms with van der Waals surface area (Å²) in [5, 5.41) is 0. The third-order valence-corrected chi connectivity index (χ3v) is 1.57. The van der Waals surface area contributed by atoms with Crippen LogP contribution in [0.15, 0.2) is 24.5 Å². The van der Waals surface area contributed by atoms with Gasteiger partial charge in [0.05, 0.1) is 0 Å². The number of aromatic nitrogens is 1. The molecule has 0 saturated heterocycles. The molecule has 1 aromatic heterocycles. The molecule has 1 amide bonds. The Labute approximate surface area is 71.1 Å². The van der Waals surface area contributed by atoms with Gasteiger partial charge in [-0.1, -0.05) is 0 Å². The van der Waals surface area contributed by atoms with Crippen LogP contribution < -0.4 is 5.43 Å². The van der Waals surface area contributed by atoms with Crippen molar-refractivity contribution in [3.05, 3.63) is 24.5 Å². The van der Waals surface area contributed by atoms with Crippen molar-refractivity contribution >= 4 is 5.91 Å². The lowest BCUT2D eigenvalue weighted by Crippen LogP contribution is -2.31. The number of hydrogen-bond acceptors (Lipinski definition) is 2. The molecule has 1 atom stereocenters. The molecule has 0 aliphatic carbocycles. The van der Waals surface area contributed by atoms with Crippen molar-refractivity contribution in [1.82, 2.24) is 4.68 Å². The second-order valence-electron chi connectivity index (χ2n) is 2.44. The standard InChI is InChI=1S/C8H12N2O2/c1-7(12-2)8(11)9-10-5-3-4-6-10/h3-7H,1-2H3,(H,9,11). The first kappa shape index (κ1) is 8.80. The average molecular weight is 168 g/mol. The maximum absolute atomic E-state index is 11.2. The molecule has 0 aliphatic rings. The third-order valence-electron chi connectivity index (χ3n) is 1.57. The van der Waals surface area contributed by atoms with Crippen molar-refractivity contribution in [3.63, 3.8) is 0 Å². The van der Waals surface area contributed by atoms with E-state index < -0.39 is 6.10 Å². The molecule has 1 heterocycles. The number of amides is 1. The highest BCUT2D eigenvalue weighted by Crippen LogP contribution is 1.90. The largest absolute Gasteiger partial charge is 0.372 e. The molecule has 0 saturated carbocycles. The molecular formula is C8H12N2O2. The Kier molecular flexibility index (Phi) is 2.88. The smallest absolute Gasteiger partial charge is 0.267 e. The van der Waals surface area contributed by atoms with E-state index in [-0.39, 0.29) is 5.91 Å². The molecule has 1 aromatic rings. The first-order valence-electron chi connectivity index (χ1n) is 3.70. The Morgan fingerprint density at radius 3 is 2.58 bits per heavy atom. The molecule has 1 rings (SSSR count). The van der Waals surface area contributed by atoms with Gasteiger partial charge in [-0.3, -0.25) is 14.9 Å². The molecule has 0 bridgehead atoms. The minimum atomic E-state index is -0.424. The quantitative estimate of drug-likeness (QED) is 0.718. The van der Waals surface area contributed by atoms with Gasteiger partial charge in [-0.05, 0) is 19.1 Å². The average Bonchev–Trinajstić information content (AvgIpc) is 2.55. The molecule has 4 nitrogen and oxygen atoms in total. The summed E-state index contributed by atoms with van der Waals surface area (Å²) in [6.45, 7) is 1.69. The van der Waals surface area contributed by atoms with E-state index in [1.54, 1.807) is 24.0 Å². The molecule has 0 radical (unpaired) electrons. The van der Waals surface area contributed by atoms with E-state index in [1.165, 1.54) is 7.11 Å². The van der Waals surface area contributed by atoms with Crippen LogP contribution in [0.4, 0.5) is 0 Å². The highest BCUT2D eigenvalue weighted by Gasteiger charge is 2.10. The minimum Gasteiger partial charge on any atom is -0.372 e. The van der Waals surface area contributed by atoms with Gasteiger partial charge < -0.3 is 4.74 Å². The van der Waals surface area contributed by atoms with Gasteiger partial charge in [0.1, 0.15) is 6.10 Å². The fourth-order valence-corrected chi connectivity index (χ4v) is 0.734. The SMILES string of the molecule is COC(C)C(=O)Nn1cccc1. The first-order valence-corrected chi connectivity index (χ1v) is 3.70. The van der Waals surface area contributed by atoms with Crippen LogP contribution in [0.25, 0.3) is 0 Å². The number of carbonyl (C=O) groups excluding carboxylic acids is 1. The zero-order valence-electron chi connectivity index (χ0n) is 7.15. The number of hydrogen-bond donors (Lipinski definition) is 1. The van der Waals surface area contributed by atoms with E-state index >= 15 is 0 Å². The Hall–Kier alpha value is -1.29. The first-order chi connectivity index (χ1) is 5.74. The van der Waals surface area contributed by atoms with Gasteiger partial charge in [0.15, 0.2) is 0 Å². The lowest BCUT2D eigenvalue weighted by atomic mass is 10.4. The van der Waals surface area contributed by atoms with Gasteiger partial charge in [-0.25, -0.2) is 0 Å². The van der Waals surface area contributed by atoms with Crippen LogP contribution in [0.2, 0.25) is 0 Å². The van der Waals surface area contributed by atoms with Gasteiger partial charge in [0, 0.05) is 19.5 Å². The molecule has 0 fully saturated rings. The summed E-state index contributed by atoms with van der Waals surface area (Å²) in [5.41, 5.74) is 2.63. The molecule has 12 heavy (non-hydrogen) atoms. The highest BCUT2D eigenvalue weighted by atomic mass is 16.5. The van der Waals surface area contributed by atoms with Gasteiger partial charge in [0.25, 0.3) is 5.91 Å². The number of nitrogens with zero attached hydrogens (tertiary/aromatic N) is 1. The van der Waals surface area contributed by atoms with E-state index in [0.29, 0.717) is 0 Å². The van der Waals surface area contributed by atoms with Crippen LogP contribution in [-0.4, -0.2) is 23.8 Å². The monoisotopic (exact) mass is 168 g/mol. The summed E-state index contributed by atoms with van der Waals surface area (Å²) >= 11 is 0. The summed E-state index contributed by atoms with van der Waals surface area (Å²) < 4.78 is 6.42. The second kappa shape index (κ2) is 3.92. The van der Waals surface area contributed by atoms with Crippen LogP contribution in [0.5, 0.6) is 0 Å². The predicted octanol–water partition coefficient (Wildman–Crippen LogP) is 0.593. The van der Waals surface area contributed by atoms with E-state index in [0.717, 1.165) is 0 Å². The van der Waals surface area contributed by atoms with Crippen LogP contribution in [0.3, 0.4) is 0 Å². The molecule has 0 spiro atoms. The minimum absolute atomic E-state index is 0.159. The summed E-state index contributed by atoms with van der Waals surface area (Å²) in [5.74, 6) is -0.159. The van der Waals surface area contributed by atoms with Crippen LogP contribution >= 0.6 is 0 Å². The molecule has 1 unspecified atom stereocenters. The van der Waals surface area contributed by atoms with Crippen molar-refractivity contribution < 1.29 is 9.53 Å². The molecule has 66 valence electrons. The number of carbonyl (C=O) groups is 1. The molecule has 4 heteroatoms. The Morgan fingerprint density at radius 2 is 2.08 bits per heavy atom. The van der Waals surface area contributed by atoms with Gasteiger partial charge in [-0.15, -0.1) is 0 Å². The Morgan fingerprint density at radius 1 is 1.50 bits per heavy atom. The number of ether oxygens (including phenoxy) is 1. The lowest BCUT2D eigenvalue weighted by Gasteiger charge is -2.10. The number of methoxy groups -OCH3 is 1. The topological polar surface area (TPSA) is 43.3 Å². The van der Waals surface area contributed by atoms with Crippen LogP contribution in [0.1, 0.15) is 6.92 Å². The zero-order chi connectivity index (χ0) is 8.97. The van der Waals surface area contributed by atoms with Crippen molar-refractivity contribution in [2.75, 3.05) is 12.5 Å². The fraction of sp³-hybridized carbons (Fsp3) is 0.375. The Balaban J connectivity index is 2.47. The summed E-state index contributed by atoms with van der Waals surface area (Å²) in [4.78, 5) is 11.2. The zero-order valence-corrected chi connectivity index (χ0v) is 7.15. The van der Waals surface area contributed by atoms with E-state index in [1.807, 2.05) is 12.1 Å². The maximum atomic E-state index is 11.2. The van der Waals surface area contributed by atoms with Gasteiger partial charge in [0.2, 0.25) is 0 Å². The summed E-state index contributed by atoms with van der Waals surface area (Å²) in [6.07, 6.45) is 3.08. The van der Waals surface area contributed by atoms with E-state index in [4.69, 9.17) is 4.74 Å². The molecule has 0 aliphatic heterocycles. The van der Waals surface area contributed by atoms with Gasteiger partial charge in [-0.2, -0.15) is 0 Å². The molecule has 0 aromatic carbocycles. The maximum Gasteiger partial charge on any atom is 0.267 e. The van der Waals surface area contributed by atoms with Crippen LogP contribution in [0, 0.1) is 0 Å². The highest BCUT2D eigenvalue weighted by molar-refractivity contribution is 5.87. The summed E-state index contributed by atoms with van der Waals surface area (Å²) in [7, 11) is 1.50. The fourth-order valence-electron chi connectivity index (χ4n) is 0.734. The molecule has 1 N–H and O–H groups in total. The van der Waals surface area contributed by atoms with Crippen molar-refractivity contribution in [3.8, 4) is 0 Å².